The zero-order chi connectivity index (χ0) is 16.8. The predicted octanol–water partition coefficient (Wildman–Crippen LogP) is 0.948. The van der Waals surface area contributed by atoms with Gasteiger partial charge >= 0.3 is 5.97 Å². The van der Waals surface area contributed by atoms with Crippen molar-refractivity contribution in [1.29, 1.82) is 0 Å². The first-order valence-electron chi connectivity index (χ1n) is 7.37. The molecule has 126 valence electrons. The Morgan fingerprint density at radius 2 is 1.91 bits per heavy atom. The summed E-state index contributed by atoms with van der Waals surface area (Å²) in [6.45, 7) is 0.759. The van der Waals surface area contributed by atoms with Crippen molar-refractivity contribution in [3.63, 3.8) is 0 Å². The number of methoxy groups -OCH3 is 2. The van der Waals surface area contributed by atoms with Crippen LogP contribution in [0.4, 0.5) is 0 Å². The van der Waals surface area contributed by atoms with E-state index in [4.69, 9.17) is 19.3 Å². The summed E-state index contributed by atoms with van der Waals surface area (Å²) < 4.78 is 15.5. The molecule has 1 atom stereocenters. The lowest BCUT2D eigenvalue weighted by Crippen LogP contribution is -2.48. The maximum Gasteiger partial charge on any atom is 0.334 e. The minimum Gasteiger partial charge on any atom is -0.497 e. The van der Waals surface area contributed by atoms with Gasteiger partial charge in [0.2, 0.25) is 5.91 Å². The fourth-order valence-electron chi connectivity index (χ4n) is 2.45. The SMILES string of the molecule is COc1cc(CCC(=O)N2CCO[C@@H](C(=O)O)C2)cc(OC)c1. The Balaban J connectivity index is 1.95. The molecule has 0 bridgehead atoms. The number of ether oxygens (including phenoxy) is 3. The van der Waals surface area contributed by atoms with E-state index in [1.54, 1.807) is 25.2 Å². The number of rotatable bonds is 6. The number of carboxylic acid groups (broad SMARTS) is 1. The van der Waals surface area contributed by atoms with Crippen LogP contribution >= 0.6 is 0 Å². The number of carbonyl (C=O) groups is 2. The number of aryl methyl sites for hydroxylation is 1. The van der Waals surface area contributed by atoms with Crippen LogP contribution < -0.4 is 9.47 Å². The Bertz CT molecular complexity index is 551. The van der Waals surface area contributed by atoms with Gasteiger partial charge in [0.1, 0.15) is 11.5 Å². The van der Waals surface area contributed by atoms with Crippen LogP contribution in [0, 0.1) is 0 Å². The van der Waals surface area contributed by atoms with Gasteiger partial charge in [-0.3, -0.25) is 4.79 Å². The summed E-state index contributed by atoms with van der Waals surface area (Å²) in [5.74, 6) is 0.217. The first-order chi connectivity index (χ1) is 11.0. The molecule has 1 N–H and O–H groups in total. The summed E-state index contributed by atoms with van der Waals surface area (Å²) in [7, 11) is 3.15. The molecule has 7 nitrogen and oxygen atoms in total. The molecule has 1 aliphatic heterocycles. The normalized spacial score (nSPS) is 17.7. The van der Waals surface area contributed by atoms with Crippen molar-refractivity contribution in [3.05, 3.63) is 23.8 Å². The van der Waals surface area contributed by atoms with E-state index >= 15 is 0 Å². The van der Waals surface area contributed by atoms with Crippen molar-refractivity contribution in [2.75, 3.05) is 33.9 Å². The van der Waals surface area contributed by atoms with Crippen LogP contribution in [0.25, 0.3) is 0 Å². The Morgan fingerprint density at radius 1 is 1.26 bits per heavy atom. The molecule has 1 aromatic rings. The molecule has 0 saturated carbocycles. The third-order valence-corrected chi connectivity index (χ3v) is 3.73. The second-order valence-corrected chi connectivity index (χ2v) is 5.26. The highest BCUT2D eigenvalue weighted by Crippen LogP contribution is 2.23. The average Bonchev–Trinajstić information content (AvgIpc) is 2.59. The first kappa shape index (κ1) is 17.1. The number of amides is 1. The smallest absolute Gasteiger partial charge is 0.334 e. The Labute approximate surface area is 134 Å². The fourth-order valence-corrected chi connectivity index (χ4v) is 2.45. The summed E-state index contributed by atoms with van der Waals surface area (Å²) in [5.41, 5.74) is 0.928. The van der Waals surface area contributed by atoms with Crippen molar-refractivity contribution >= 4 is 11.9 Å². The molecule has 0 radical (unpaired) electrons. The topological polar surface area (TPSA) is 85.3 Å². The Morgan fingerprint density at radius 3 is 2.48 bits per heavy atom. The van der Waals surface area contributed by atoms with Crippen LogP contribution in [0.2, 0.25) is 0 Å². The predicted molar refractivity (Wildman–Crippen MR) is 81.8 cm³/mol. The highest BCUT2D eigenvalue weighted by Gasteiger charge is 2.28. The third kappa shape index (κ3) is 4.59. The van der Waals surface area contributed by atoms with Crippen LogP contribution in [0.3, 0.4) is 0 Å². The van der Waals surface area contributed by atoms with Gasteiger partial charge in [0, 0.05) is 19.0 Å². The summed E-state index contributed by atoms with van der Waals surface area (Å²) in [4.78, 5) is 24.8. The molecule has 1 aliphatic rings. The van der Waals surface area contributed by atoms with Gasteiger partial charge < -0.3 is 24.2 Å². The van der Waals surface area contributed by atoms with Crippen molar-refractivity contribution in [2.24, 2.45) is 0 Å². The number of carboxylic acids is 1. The van der Waals surface area contributed by atoms with E-state index in [1.165, 1.54) is 0 Å². The zero-order valence-electron chi connectivity index (χ0n) is 13.3. The van der Waals surface area contributed by atoms with Crippen LogP contribution in [0.5, 0.6) is 11.5 Å². The molecule has 0 unspecified atom stereocenters. The number of morpholine rings is 1. The zero-order valence-corrected chi connectivity index (χ0v) is 13.3. The maximum atomic E-state index is 12.3. The van der Waals surface area contributed by atoms with Crippen LogP contribution in [0.1, 0.15) is 12.0 Å². The molecule has 1 heterocycles. The highest BCUT2D eigenvalue weighted by molar-refractivity contribution is 5.79. The Kier molecular flexibility index (Phi) is 5.81. The molecule has 23 heavy (non-hydrogen) atoms. The molecule has 2 rings (SSSR count). The Hall–Kier alpha value is -2.28. The van der Waals surface area contributed by atoms with Gasteiger partial charge in [-0.2, -0.15) is 0 Å². The van der Waals surface area contributed by atoms with Gasteiger partial charge in [0.25, 0.3) is 0 Å². The number of hydrogen-bond acceptors (Lipinski definition) is 5. The molecule has 0 spiro atoms. The molecule has 0 aromatic heterocycles. The standard InChI is InChI=1S/C16H21NO6/c1-21-12-7-11(8-13(9-12)22-2)3-4-15(18)17-5-6-23-14(10-17)16(19)20/h7-9,14H,3-6,10H2,1-2H3,(H,19,20)/t14-/m1/s1. The van der Waals surface area contributed by atoms with Crippen LogP contribution in [0.15, 0.2) is 18.2 Å². The average molecular weight is 323 g/mol. The summed E-state index contributed by atoms with van der Waals surface area (Å²) in [6.07, 6.45) is -0.117. The van der Waals surface area contributed by atoms with Crippen molar-refractivity contribution < 1.29 is 28.9 Å². The van der Waals surface area contributed by atoms with E-state index < -0.39 is 12.1 Å². The minimum absolute atomic E-state index is 0.0821. The van der Waals surface area contributed by atoms with Gasteiger partial charge in [0.15, 0.2) is 6.10 Å². The van der Waals surface area contributed by atoms with E-state index in [1.807, 2.05) is 12.1 Å². The van der Waals surface area contributed by atoms with Gasteiger partial charge in [-0.1, -0.05) is 0 Å². The summed E-state index contributed by atoms with van der Waals surface area (Å²) in [5, 5.41) is 8.97. The maximum absolute atomic E-state index is 12.3. The lowest BCUT2D eigenvalue weighted by atomic mass is 10.1. The molecule has 1 saturated heterocycles. The van der Waals surface area contributed by atoms with Crippen molar-refractivity contribution in [2.45, 2.75) is 18.9 Å². The van der Waals surface area contributed by atoms with Crippen molar-refractivity contribution in [3.8, 4) is 11.5 Å². The number of hydrogen-bond donors (Lipinski definition) is 1. The molecule has 7 heteroatoms. The van der Waals surface area contributed by atoms with Gasteiger partial charge in [0.05, 0.1) is 27.4 Å². The lowest BCUT2D eigenvalue weighted by molar-refractivity contribution is -0.159. The highest BCUT2D eigenvalue weighted by atomic mass is 16.5. The quantitative estimate of drug-likeness (QED) is 0.839. The number of nitrogens with zero attached hydrogens (tertiary/aromatic N) is 1. The van der Waals surface area contributed by atoms with E-state index in [0.717, 1.165) is 5.56 Å². The largest absolute Gasteiger partial charge is 0.497 e. The minimum atomic E-state index is -1.04. The molecular formula is C16H21NO6. The molecule has 0 aliphatic carbocycles. The van der Waals surface area contributed by atoms with E-state index in [0.29, 0.717) is 30.9 Å². The molecule has 1 aromatic carbocycles. The summed E-state index contributed by atoms with van der Waals surface area (Å²) >= 11 is 0. The first-order valence-corrected chi connectivity index (χ1v) is 7.37. The van der Waals surface area contributed by atoms with Crippen molar-refractivity contribution in [1.82, 2.24) is 4.90 Å². The molecule has 1 fully saturated rings. The van der Waals surface area contributed by atoms with Crippen LogP contribution in [-0.2, 0) is 20.7 Å². The number of aliphatic carboxylic acids is 1. The molecular weight excluding hydrogens is 302 g/mol. The second-order valence-electron chi connectivity index (χ2n) is 5.26. The van der Waals surface area contributed by atoms with E-state index in [2.05, 4.69) is 0 Å². The third-order valence-electron chi connectivity index (χ3n) is 3.73. The second kappa shape index (κ2) is 7.82. The van der Waals surface area contributed by atoms with Gasteiger partial charge in [-0.25, -0.2) is 4.79 Å². The van der Waals surface area contributed by atoms with Gasteiger partial charge in [-0.05, 0) is 24.1 Å². The summed E-state index contributed by atoms with van der Waals surface area (Å²) in [6, 6.07) is 5.48. The van der Waals surface area contributed by atoms with Crippen LogP contribution in [-0.4, -0.2) is 61.9 Å². The fraction of sp³-hybridized carbons (Fsp3) is 0.500. The van der Waals surface area contributed by atoms with E-state index in [9.17, 15) is 9.59 Å². The van der Waals surface area contributed by atoms with Gasteiger partial charge in [-0.15, -0.1) is 0 Å². The molecule has 1 amide bonds. The number of benzene rings is 1. The van der Waals surface area contributed by atoms with E-state index in [-0.39, 0.29) is 19.1 Å². The monoisotopic (exact) mass is 323 g/mol. The number of carbonyl (C=O) groups excluding carboxylic acids is 1. The lowest BCUT2D eigenvalue weighted by Gasteiger charge is -2.31.